The van der Waals surface area contributed by atoms with Gasteiger partial charge in [0.25, 0.3) is 0 Å². The SMILES string of the molecule is CCN1CCCC1CNC(N)=NCc1ccn(C2CCCC2)n1. The molecule has 1 aliphatic heterocycles. The standard InChI is InChI=1S/C17H30N6/c1-2-22-10-5-8-16(22)13-20-17(18)19-12-14-9-11-23(21-14)15-6-3-4-7-15/h9,11,15-16H,2-8,10,12-13H2,1H3,(H3,18,19,20). The Bertz CT molecular complexity index is 517. The summed E-state index contributed by atoms with van der Waals surface area (Å²) in [4.78, 5) is 6.94. The zero-order valence-corrected chi connectivity index (χ0v) is 14.2. The molecule has 1 atom stereocenters. The number of nitrogens with one attached hydrogen (secondary N) is 1. The number of aromatic nitrogens is 2. The number of rotatable bonds is 6. The fourth-order valence-corrected chi connectivity index (χ4v) is 3.82. The number of aliphatic imine (C=N–C) groups is 1. The average molecular weight is 318 g/mol. The molecule has 1 aromatic heterocycles. The maximum absolute atomic E-state index is 6.00. The minimum atomic E-state index is 0.531. The number of nitrogens with zero attached hydrogens (tertiary/aromatic N) is 4. The molecule has 0 radical (unpaired) electrons. The van der Waals surface area contributed by atoms with Crippen LogP contribution in [-0.2, 0) is 6.54 Å². The van der Waals surface area contributed by atoms with E-state index in [-0.39, 0.29) is 0 Å². The second kappa shape index (κ2) is 7.81. The van der Waals surface area contributed by atoms with E-state index in [1.54, 1.807) is 0 Å². The third-order valence-corrected chi connectivity index (χ3v) is 5.20. The molecular formula is C17H30N6. The number of guanidine groups is 1. The maximum Gasteiger partial charge on any atom is 0.189 e. The van der Waals surface area contributed by atoms with Crippen LogP contribution in [0.5, 0.6) is 0 Å². The number of likely N-dealkylation sites (tertiary alicyclic amines) is 1. The van der Waals surface area contributed by atoms with Crippen molar-refractivity contribution in [2.75, 3.05) is 19.6 Å². The molecule has 128 valence electrons. The van der Waals surface area contributed by atoms with Gasteiger partial charge in [-0.3, -0.25) is 9.58 Å². The van der Waals surface area contributed by atoms with Crippen LogP contribution >= 0.6 is 0 Å². The van der Waals surface area contributed by atoms with E-state index in [2.05, 4.69) is 44.2 Å². The van der Waals surface area contributed by atoms with Gasteiger partial charge in [-0.05, 0) is 44.8 Å². The van der Waals surface area contributed by atoms with Crippen LogP contribution in [0.2, 0.25) is 0 Å². The Labute approximate surface area is 139 Å². The van der Waals surface area contributed by atoms with Crippen LogP contribution in [0.1, 0.15) is 57.2 Å². The Balaban J connectivity index is 1.45. The first-order chi connectivity index (χ1) is 11.3. The molecule has 1 aromatic rings. The van der Waals surface area contributed by atoms with Crippen molar-refractivity contribution >= 4 is 5.96 Å². The Morgan fingerprint density at radius 3 is 2.96 bits per heavy atom. The van der Waals surface area contributed by atoms with Gasteiger partial charge in [0.15, 0.2) is 5.96 Å². The molecule has 1 saturated heterocycles. The van der Waals surface area contributed by atoms with Crippen LogP contribution in [0.15, 0.2) is 17.3 Å². The first-order valence-electron chi connectivity index (χ1n) is 9.08. The summed E-state index contributed by atoms with van der Waals surface area (Å²) >= 11 is 0. The Kier molecular flexibility index (Phi) is 5.54. The van der Waals surface area contributed by atoms with Gasteiger partial charge in [0.2, 0.25) is 0 Å². The van der Waals surface area contributed by atoms with Crippen molar-refractivity contribution in [2.45, 2.75) is 64.1 Å². The lowest BCUT2D eigenvalue weighted by Gasteiger charge is -2.23. The lowest BCUT2D eigenvalue weighted by Crippen LogP contribution is -2.42. The molecule has 0 aromatic carbocycles. The highest BCUT2D eigenvalue weighted by Gasteiger charge is 2.22. The predicted molar refractivity (Wildman–Crippen MR) is 93.3 cm³/mol. The van der Waals surface area contributed by atoms with E-state index < -0.39 is 0 Å². The van der Waals surface area contributed by atoms with Gasteiger partial charge in [-0.25, -0.2) is 4.99 Å². The van der Waals surface area contributed by atoms with Crippen molar-refractivity contribution in [3.63, 3.8) is 0 Å². The molecule has 1 saturated carbocycles. The van der Waals surface area contributed by atoms with E-state index in [4.69, 9.17) is 5.73 Å². The summed E-state index contributed by atoms with van der Waals surface area (Å²) in [6.07, 6.45) is 9.78. The summed E-state index contributed by atoms with van der Waals surface area (Å²) in [6, 6.07) is 3.24. The van der Waals surface area contributed by atoms with Crippen molar-refractivity contribution in [3.05, 3.63) is 18.0 Å². The molecule has 0 amide bonds. The molecule has 2 fully saturated rings. The first kappa shape index (κ1) is 16.3. The number of nitrogens with two attached hydrogens (primary N) is 1. The van der Waals surface area contributed by atoms with E-state index in [0.29, 0.717) is 24.6 Å². The van der Waals surface area contributed by atoms with Crippen molar-refractivity contribution in [2.24, 2.45) is 10.7 Å². The van der Waals surface area contributed by atoms with Gasteiger partial charge in [-0.1, -0.05) is 19.8 Å². The average Bonchev–Trinajstić information content (AvgIpc) is 3.31. The van der Waals surface area contributed by atoms with Gasteiger partial charge in [0.05, 0.1) is 18.3 Å². The quantitative estimate of drug-likeness (QED) is 0.620. The summed E-state index contributed by atoms with van der Waals surface area (Å²) in [5.41, 5.74) is 7.00. The largest absolute Gasteiger partial charge is 0.370 e. The van der Waals surface area contributed by atoms with Crippen molar-refractivity contribution in [1.29, 1.82) is 0 Å². The zero-order chi connectivity index (χ0) is 16.1. The second-order valence-electron chi connectivity index (χ2n) is 6.73. The van der Waals surface area contributed by atoms with Crippen LogP contribution in [0.25, 0.3) is 0 Å². The maximum atomic E-state index is 6.00. The smallest absolute Gasteiger partial charge is 0.189 e. The van der Waals surface area contributed by atoms with Crippen LogP contribution in [0.3, 0.4) is 0 Å². The second-order valence-corrected chi connectivity index (χ2v) is 6.73. The number of hydrogen-bond acceptors (Lipinski definition) is 3. The van der Waals surface area contributed by atoms with Gasteiger partial charge in [0, 0.05) is 18.8 Å². The Hall–Kier alpha value is -1.56. The molecule has 3 N–H and O–H groups in total. The summed E-state index contributed by atoms with van der Waals surface area (Å²) in [7, 11) is 0. The van der Waals surface area contributed by atoms with E-state index in [9.17, 15) is 0 Å². The predicted octanol–water partition coefficient (Wildman–Crippen LogP) is 1.89. The van der Waals surface area contributed by atoms with E-state index in [0.717, 1.165) is 18.8 Å². The molecule has 23 heavy (non-hydrogen) atoms. The minimum absolute atomic E-state index is 0.531. The van der Waals surface area contributed by atoms with Gasteiger partial charge in [0.1, 0.15) is 0 Å². The van der Waals surface area contributed by atoms with E-state index >= 15 is 0 Å². The highest BCUT2D eigenvalue weighted by molar-refractivity contribution is 5.77. The molecule has 3 rings (SSSR count). The fraction of sp³-hybridized carbons (Fsp3) is 0.765. The van der Waals surface area contributed by atoms with E-state index in [1.807, 2.05) is 0 Å². The third-order valence-electron chi connectivity index (χ3n) is 5.20. The lowest BCUT2D eigenvalue weighted by atomic mass is 10.2. The Morgan fingerprint density at radius 2 is 2.17 bits per heavy atom. The van der Waals surface area contributed by atoms with E-state index in [1.165, 1.54) is 45.1 Å². The van der Waals surface area contributed by atoms with Crippen molar-refractivity contribution < 1.29 is 0 Å². The lowest BCUT2D eigenvalue weighted by molar-refractivity contribution is 0.267. The van der Waals surface area contributed by atoms with Crippen molar-refractivity contribution in [3.8, 4) is 0 Å². The molecule has 1 unspecified atom stereocenters. The van der Waals surface area contributed by atoms with Gasteiger partial charge in [-0.2, -0.15) is 5.10 Å². The summed E-state index contributed by atoms with van der Waals surface area (Å²) in [5.74, 6) is 0.531. The topological polar surface area (TPSA) is 71.5 Å². The fourth-order valence-electron chi connectivity index (χ4n) is 3.82. The number of hydrogen-bond donors (Lipinski definition) is 2. The zero-order valence-electron chi connectivity index (χ0n) is 14.2. The van der Waals surface area contributed by atoms with Gasteiger partial charge >= 0.3 is 0 Å². The molecule has 0 spiro atoms. The first-order valence-corrected chi connectivity index (χ1v) is 9.08. The van der Waals surface area contributed by atoms with Crippen LogP contribution in [0, 0.1) is 0 Å². The molecule has 0 bridgehead atoms. The highest BCUT2D eigenvalue weighted by Crippen LogP contribution is 2.28. The van der Waals surface area contributed by atoms with Gasteiger partial charge in [-0.15, -0.1) is 0 Å². The monoisotopic (exact) mass is 318 g/mol. The van der Waals surface area contributed by atoms with Gasteiger partial charge < -0.3 is 11.1 Å². The minimum Gasteiger partial charge on any atom is -0.370 e. The molecule has 1 aliphatic carbocycles. The van der Waals surface area contributed by atoms with Crippen LogP contribution < -0.4 is 11.1 Å². The summed E-state index contributed by atoms with van der Waals surface area (Å²) < 4.78 is 2.11. The molecular weight excluding hydrogens is 288 g/mol. The molecule has 6 heteroatoms. The molecule has 6 nitrogen and oxygen atoms in total. The normalized spacial score (nSPS) is 23.7. The highest BCUT2D eigenvalue weighted by atomic mass is 15.3. The summed E-state index contributed by atoms with van der Waals surface area (Å²) in [6.45, 7) is 5.98. The number of likely N-dealkylation sites (N-methyl/N-ethyl adjacent to an activating group) is 1. The summed E-state index contributed by atoms with van der Waals surface area (Å²) in [5, 5.41) is 7.92. The van der Waals surface area contributed by atoms with Crippen molar-refractivity contribution in [1.82, 2.24) is 20.0 Å². The molecule has 2 aliphatic rings. The van der Waals surface area contributed by atoms with Crippen LogP contribution in [-0.4, -0.2) is 46.3 Å². The molecule has 2 heterocycles. The Morgan fingerprint density at radius 1 is 1.35 bits per heavy atom. The third kappa shape index (κ3) is 4.25. The van der Waals surface area contributed by atoms with Crippen LogP contribution in [0.4, 0.5) is 0 Å².